The van der Waals surface area contributed by atoms with Crippen LogP contribution in [0.3, 0.4) is 0 Å². The molecule has 0 amide bonds. The first-order valence-corrected chi connectivity index (χ1v) is 9.23. The van der Waals surface area contributed by atoms with Gasteiger partial charge < -0.3 is 20.3 Å². The monoisotopic (exact) mass is 476 g/mol. The molecule has 1 aromatic rings. The van der Waals surface area contributed by atoms with Gasteiger partial charge in [-0.15, -0.1) is 24.0 Å². The Morgan fingerprint density at radius 1 is 1.23 bits per heavy atom. The Hall–Kier alpha value is -0.860. The van der Waals surface area contributed by atoms with E-state index in [4.69, 9.17) is 4.74 Å². The van der Waals surface area contributed by atoms with E-state index in [0.717, 1.165) is 38.6 Å². The van der Waals surface area contributed by atoms with Gasteiger partial charge >= 0.3 is 0 Å². The molecule has 0 fully saturated rings. The molecule has 26 heavy (non-hydrogen) atoms. The molecule has 5 nitrogen and oxygen atoms in total. The molecule has 1 rings (SSSR count). The van der Waals surface area contributed by atoms with Gasteiger partial charge in [0.05, 0.1) is 6.10 Å². The normalized spacial score (nSPS) is 13.9. The molecule has 0 radical (unpaired) electrons. The number of nitrogens with one attached hydrogen (secondary N) is 2. The third-order valence-corrected chi connectivity index (χ3v) is 4.21. The van der Waals surface area contributed by atoms with E-state index in [1.165, 1.54) is 11.1 Å². The van der Waals surface area contributed by atoms with Gasteiger partial charge in [0.2, 0.25) is 0 Å². The topological polar surface area (TPSA) is 48.9 Å². The first kappa shape index (κ1) is 25.1. The number of hydrogen-bond donors (Lipinski definition) is 2. The summed E-state index contributed by atoms with van der Waals surface area (Å²) in [6.45, 7) is 9.76. The summed E-state index contributed by atoms with van der Waals surface area (Å²) < 4.78 is 5.82. The van der Waals surface area contributed by atoms with E-state index in [0.29, 0.717) is 5.92 Å². The third kappa shape index (κ3) is 10.3. The number of guanidine groups is 1. The highest BCUT2D eigenvalue weighted by atomic mass is 127. The molecule has 0 bridgehead atoms. The summed E-state index contributed by atoms with van der Waals surface area (Å²) in [6.07, 6.45) is 1.20. The molecule has 2 N–H and O–H groups in total. The largest absolute Gasteiger partial charge is 0.377 e. The Bertz CT molecular complexity index is 522. The fourth-order valence-electron chi connectivity index (χ4n) is 2.66. The maximum Gasteiger partial charge on any atom is 0.191 e. The zero-order valence-corrected chi connectivity index (χ0v) is 19.5. The number of nitrogens with zero attached hydrogens (tertiary/aromatic N) is 2. The first-order chi connectivity index (χ1) is 12.0. The van der Waals surface area contributed by atoms with Gasteiger partial charge in [-0.1, -0.05) is 36.8 Å². The van der Waals surface area contributed by atoms with Crippen molar-refractivity contribution in [1.29, 1.82) is 0 Å². The smallest absolute Gasteiger partial charge is 0.191 e. The molecule has 1 aromatic carbocycles. The van der Waals surface area contributed by atoms with E-state index >= 15 is 0 Å². The minimum atomic E-state index is 0. The van der Waals surface area contributed by atoms with Crippen molar-refractivity contribution in [3.63, 3.8) is 0 Å². The molecule has 0 aliphatic carbocycles. The van der Waals surface area contributed by atoms with Crippen LogP contribution in [0.2, 0.25) is 0 Å². The number of aliphatic imine (C=N–C) groups is 1. The molecular formula is C20H37IN4O. The van der Waals surface area contributed by atoms with Gasteiger partial charge in [-0.05, 0) is 45.8 Å². The van der Waals surface area contributed by atoms with Crippen LogP contribution in [0.4, 0.5) is 0 Å². The van der Waals surface area contributed by atoms with E-state index in [2.05, 4.69) is 72.7 Å². The van der Waals surface area contributed by atoms with E-state index in [1.54, 1.807) is 0 Å². The fourth-order valence-corrected chi connectivity index (χ4v) is 2.66. The van der Waals surface area contributed by atoms with Crippen LogP contribution in [-0.4, -0.2) is 64.3 Å². The highest BCUT2D eigenvalue weighted by molar-refractivity contribution is 14.0. The number of ether oxygens (including phenoxy) is 1. The maximum absolute atomic E-state index is 5.82. The SMILES string of the molecule is CCOC(CCN(C)C)CNC(=NC)NCC(C)c1cccc(C)c1.I. The van der Waals surface area contributed by atoms with Gasteiger partial charge in [-0.25, -0.2) is 0 Å². The van der Waals surface area contributed by atoms with E-state index in [1.807, 2.05) is 14.0 Å². The quantitative estimate of drug-likeness (QED) is 0.309. The van der Waals surface area contributed by atoms with Gasteiger partial charge in [-0.2, -0.15) is 0 Å². The molecule has 0 heterocycles. The highest BCUT2D eigenvalue weighted by Gasteiger charge is 2.11. The van der Waals surface area contributed by atoms with Crippen molar-refractivity contribution in [3.8, 4) is 0 Å². The second-order valence-corrected chi connectivity index (χ2v) is 6.82. The van der Waals surface area contributed by atoms with Crippen LogP contribution >= 0.6 is 24.0 Å². The van der Waals surface area contributed by atoms with Gasteiger partial charge in [0.15, 0.2) is 5.96 Å². The summed E-state index contributed by atoms with van der Waals surface area (Å²) in [6, 6.07) is 8.67. The third-order valence-electron chi connectivity index (χ3n) is 4.21. The number of rotatable bonds is 10. The standard InChI is InChI=1S/C20H36N4O.HI/c1-7-25-19(11-12-24(5)6)15-23-20(21-4)22-14-17(3)18-10-8-9-16(2)13-18;/h8-10,13,17,19H,7,11-12,14-15H2,1-6H3,(H2,21,22,23);1H. The summed E-state index contributed by atoms with van der Waals surface area (Å²) in [5, 5.41) is 6.81. The second kappa shape index (κ2) is 14.2. The summed E-state index contributed by atoms with van der Waals surface area (Å²) >= 11 is 0. The molecule has 0 spiro atoms. The van der Waals surface area contributed by atoms with Gasteiger partial charge in [0, 0.05) is 33.3 Å². The lowest BCUT2D eigenvalue weighted by atomic mass is 9.99. The average Bonchev–Trinajstić information content (AvgIpc) is 2.59. The Balaban J connectivity index is 0.00000625. The number of hydrogen-bond acceptors (Lipinski definition) is 3. The predicted molar refractivity (Wildman–Crippen MR) is 123 cm³/mol. The lowest BCUT2D eigenvalue weighted by molar-refractivity contribution is 0.0548. The highest BCUT2D eigenvalue weighted by Crippen LogP contribution is 2.15. The minimum Gasteiger partial charge on any atom is -0.377 e. The lowest BCUT2D eigenvalue weighted by Crippen LogP contribution is -2.43. The summed E-state index contributed by atoms with van der Waals surface area (Å²) in [5.74, 6) is 1.25. The number of benzene rings is 1. The molecule has 150 valence electrons. The molecule has 0 saturated heterocycles. The molecule has 2 unspecified atom stereocenters. The van der Waals surface area contributed by atoms with Crippen LogP contribution < -0.4 is 10.6 Å². The average molecular weight is 476 g/mol. The van der Waals surface area contributed by atoms with Gasteiger partial charge in [0.25, 0.3) is 0 Å². The molecule has 0 aliphatic rings. The molecular weight excluding hydrogens is 439 g/mol. The zero-order valence-electron chi connectivity index (χ0n) is 17.2. The van der Waals surface area contributed by atoms with Crippen LogP contribution in [0.5, 0.6) is 0 Å². The van der Waals surface area contributed by atoms with Crippen LogP contribution in [0, 0.1) is 6.92 Å². The second-order valence-electron chi connectivity index (χ2n) is 6.82. The van der Waals surface area contributed by atoms with Crippen molar-refractivity contribution in [2.45, 2.75) is 39.2 Å². The van der Waals surface area contributed by atoms with Crippen LogP contribution in [-0.2, 0) is 4.74 Å². The van der Waals surface area contributed by atoms with Crippen molar-refractivity contribution >= 4 is 29.9 Å². The molecule has 0 aromatic heterocycles. The molecule has 0 aliphatic heterocycles. The Kier molecular flexibility index (Phi) is 13.8. The van der Waals surface area contributed by atoms with E-state index < -0.39 is 0 Å². The zero-order chi connectivity index (χ0) is 18.7. The van der Waals surface area contributed by atoms with Crippen LogP contribution in [0.15, 0.2) is 29.3 Å². The summed E-state index contributed by atoms with van der Waals surface area (Å²) in [5.41, 5.74) is 2.65. The fraction of sp³-hybridized carbons (Fsp3) is 0.650. The minimum absolute atomic E-state index is 0. The summed E-state index contributed by atoms with van der Waals surface area (Å²) in [7, 11) is 5.98. The van der Waals surface area contributed by atoms with E-state index in [9.17, 15) is 0 Å². The van der Waals surface area contributed by atoms with Crippen molar-refractivity contribution in [1.82, 2.24) is 15.5 Å². The Morgan fingerprint density at radius 3 is 2.50 bits per heavy atom. The van der Waals surface area contributed by atoms with Crippen molar-refractivity contribution < 1.29 is 4.74 Å². The lowest BCUT2D eigenvalue weighted by Gasteiger charge is -2.22. The van der Waals surface area contributed by atoms with Crippen LogP contribution in [0.25, 0.3) is 0 Å². The van der Waals surface area contributed by atoms with E-state index in [-0.39, 0.29) is 30.1 Å². The maximum atomic E-state index is 5.82. The Labute approximate surface area is 177 Å². The van der Waals surface area contributed by atoms with Crippen LogP contribution in [0.1, 0.15) is 37.3 Å². The van der Waals surface area contributed by atoms with Crippen molar-refractivity contribution in [2.24, 2.45) is 4.99 Å². The molecule has 6 heteroatoms. The van der Waals surface area contributed by atoms with Crippen molar-refractivity contribution in [3.05, 3.63) is 35.4 Å². The van der Waals surface area contributed by atoms with Gasteiger partial charge in [-0.3, -0.25) is 4.99 Å². The van der Waals surface area contributed by atoms with Crippen molar-refractivity contribution in [2.75, 3.05) is 47.4 Å². The van der Waals surface area contributed by atoms with Gasteiger partial charge in [0.1, 0.15) is 0 Å². The molecule has 0 saturated carbocycles. The predicted octanol–water partition coefficient (Wildman–Crippen LogP) is 3.24. The first-order valence-electron chi connectivity index (χ1n) is 9.23. The summed E-state index contributed by atoms with van der Waals surface area (Å²) in [4.78, 5) is 6.51. The Morgan fingerprint density at radius 2 is 1.92 bits per heavy atom. The number of aryl methyl sites for hydroxylation is 1. The molecule has 2 atom stereocenters. The number of halogens is 1.